The summed E-state index contributed by atoms with van der Waals surface area (Å²) in [5.41, 5.74) is 0.0484. The van der Waals surface area contributed by atoms with Gasteiger partial charge in [-0.25, -0.2) is 0 Å². The van der Waals surface area contributed by atoms with Crippen molar-refractivity contribution in [3.05, 3.63) is 70.9 Å². The second kappa shape index (κ2) is 9.71. The van der Waals surface area contributed by atoms with E-state index in [2.05, 4.69) is 10.4 Å². The van der Waals surface area contributed by atoms with Crippen LogP contribution in [-0.4, -0.2) is 28.0 Å². The first-order valence-electron chi connectivity index (χ1n) is 9.86. The average Bonchev–Trinajstić information content (AvgIpc) is 3.36. The van der Waals surface area contributed by atoms with E-state index in [-0.39, 0.29) is 31.2 Å². The largest absolute Gasteiger partial charge is 0.486 e. The van der Waals surface area contributed by atoms with Crippen LogP contribution in [0.25, 0.3) is 0 Å². The highest BCUT2D eigenvalue weighted by molar-refractivity contribution is 5.94. The predicted molar refractivity (Wildman–Crippen MR) is 108 cm³/mol. The molecule has 0 aliphatic carbocycles. The molecule has 0 unspecified atom stereocenters. The van der Waals surface area contributed by atoms with Gasteiger partial charge >= 0.3 is 6.18 Å². The normalized spacial score (nSPS) is 11.4. The monoisotopic (exact) mass is 449 g/mol. The van der Waals surface area contributed by atoms with Gasteiger partial charge in [0.15, 0.2) is 17.2 Å². The molecule has 7 nitrogen and oxygen atoms in total. The number of rotatable bonds is 9. The molecule has 1 amide bonds. The number of alkyl halides is 3. The molecule has 0 saturated carbocycles. The summed E-state index contributed by atoms with van der Waals surface area (Å²) in [6.45, 7) is 3.61. The summed E-state index contributed by atoms with van der Waals surface area (Å²) in [7, 11) is 0. The van der Waals surface area contributed by atoms with E-state index in [1.807, 2.05) is 0 Å². The van der Waals surface area contributed by atoms with Gasteiger partial charge in [-0.15, -0.1) is 0 Å². The van der Waals surface area contributed by atoms with Crippen LogP contribution in [0.5, 0.6) is 5.75 Å². The molecule has 0 aliphatic heterocycles. The standard InChI is InChI=1S/C22H22F3N3O4/c1-14-12-20(22(23,24)25)27-28(14)11-3-10-26-21(30)19-9-8-18(32-19)13-31-17-6-4-16(5-7-17)15(2)29/h4-9,12H,3,10-11,13H2,1-2H3,(H,26,30). The van der Waals surface area contributed by atoms with Crippen LogP contribution < -0.4 is 10.1 Å². The van der Waals surface area contributed by atoms with Crippen LogP contribution in [-0.2, 0) is 19.3 Å². The Morgan fingerprint density at radius 3 is 2.50 bits per heavy atom. The highest BCUT2D eigenvalue weighted by atomic mass is 19.4. The van der Waals surface area contributed by atoms with Gasteiger partial charge in [0.05, 0.1) is 0 Å². The fraction of sp³-hybridized carbons (Fsp3) is 0.318. The van der Waals surface area contributed by atoms with Crippen molar-refractivity contribution < 1.29 is 31.9 Å². The first kappa shape index (κ1) is 23.1. The van der Waals surface area contributed by atoms with Crippen molar-refractivity contribution in [1.29, 1.82) is 0 Å². The summed E-state index contributed by atoms with van der Waals surface area (Å²) in [5.74, 6) is 0.627. The number of furan rings is 1. The van der Waals surface area contributed by atoms with Gasteiger partial charge in [0.25, 0.3) is 5.91 Å². The third-order valence-corrected chi connectivity index (χ3v) is 4.63. The van der Waals surface area contributed by atoms with E-state index >= 15 is 0 Å². The Hall–Kier alpha value is -3.56. The molecule has 0 aliphatic rings. The summed E-state index contributed by atoms with van der Waals surface area (Å²) in [4.78, 5) is 23.5. The second-order valence-electron chi connectivity index (χ2n) is 7.14. The molecule has 0 saturated heterocycles. The molecule has 3 rings (SSSR count). The summed E-state index contributed by atoms with van der Waals surface area (Å²) in [6.07, 6.45) is -4.08. The Morgan fingerprint density at radius 2 is 1.88 bits per heavy atom. The minimum atomic E-state index is -4.48. The van der Waals surface area contributed by atoms with Crippen LogP contribution in [0, 0.1) is 6.92 Å². The van der Waals surface area contributed by atoms with Crippen LogP contribution >= 0.6 is 0 Å². The van der Waals surface area contributed by atoms with Crippen molar-refractivity contribution in [2.75, 3.05) is 6.54 Å². The number of halogens is 3. The van der Waals surface area contributed by atoms with Crippen molar-refractivity contribution in [3.8, 4) is 5.75 Å². The van der Waals surface area contributed by atoms with Crippen LogP contribution in [0.3, 0.4) is 0 Å². The summed E-state index contributed by atoms with van der Waals surface area (Å²) in [6, 6.07) is 10.8. The number of aryl methyl sites for hydroxylation is 2. The van der Waals surface area contributed by atoms with Gasteiger partial charge < -0.3 is 14.5 Å². The molecule has 10 heteroatoms. The molecule has 3 aromatic rings. The molecule has 2 aromatic heterocycles. The maximum atomic E-state index is 12.7. The summed E-state index contributed by atoms with van der Waals surface area (Å²) >= 11 is 0. The second-order valence-corrected chi connectivity index (χ2v) is 7.14. The Labute approximate surface area is 182 Å². The number of Topliss-reactive ketones (excluding diaryl/α,β-unsaturated/α-hetero) is 1. The lowest BCUT2D eigenvalue weighted by atomic mass is 10.1. The number of amides is 1. The Bertz CT molecular complexity index is 1080. The molecular formula is C22H22F3N3O4. The highest BCUT2D eigenvalue weighted by Gasteiger charge is 2.34. The number of nitrogens with zero attached hydrogens (tertiary/aromatic N) is 2. The highest BCUT2D eigenvalue weighted by Crippen LogP contribution is 2.28. The van der Waals surface area contributed by atoms with Crippen LogP contribution in [0.2, 0.25) is 0 Å². The quantitative estimate of drug-likeness (QED) is 0.386. The number of benzene rings is 1. The van der Waals surface area contributed by atoms with E-state index in [0.29, 0.717) is 29.2 Å². The third-order valence-electron chi connectivity index (χ3n) is 4.63. The van der Waals surface area contributed by atoms with Crippen LogP contribution in [0.1, 0.15) is 51.4 Å². The molecule has 0 fully saturated rings. The summed E-state index contributed by atoms with van der Waals surface area (Å²) in [5, 5.41) is 6.21. The van der Waals surface area contributed by atoms with Crippen LogP contribution in [0.15, 0.2) is 46.9 Å². The lowest BCUT2D eigenvalue weighted by Crippen LogP contribution is -2.25. The minimum absolute atomic E-state index is 0.0379. The molecule has 1 N–H and O–H groups in total. The van der Waals surface area contributed by atoms with E-state index in [1.165, 1.54) is 17.7 Å². The zero-order chi connectivity index (χ0) is 23.3. The van der Waals surface area contributed by atoms with E-state index in [4.69, 9.17) is 9.15 Å². The Balaban J connectivity index is 1.43. The number of aromatic nitrogens is 2. The van der Waals surface area contributed by atoms with Gasteiger partial charge in [0.2, 0.25) is 0 Å². The maximum Gasteiger partial charge on any atom is 0.435 e. The van der Waals surface area contributed by atoms with Crippen molar-refractivity contribution in [1.82, 2.24) is 15.1 Å². The Kier molecular flexibility index (Phi) is 7.01. The smallest absolute Gasteiger partial charge is 0.435 e. The average molecular weight is 449 g/mol. The molecule has 0 atom stereocenters. The number of carbonyl (C=O) groups is 2. The predicted octanol–water partition coefficient (Wildman–Crippen LogP) is 4.41. The van der Waals surface area contributed by atoms with Crippen molar-refractivity contribution in [2.24, 2.45) is 0 Å². The number of hydrogen-bond donors (Lipinski definition) is 1. The fourth-order valence-corrected chi connectivity index (χ4v) is 2.91. The molecular weight excluding hydrogens is 427 g/mol. The van der Waals surface area contributed by atoms with Crippen molar-refractivity contribution in [2.45, 2.75) is 39.6 Å². The SMILES string of the molecule is CC(=O)c1ccc(OCc2ccc(C(=O)NCCCn3nc(C(F)(F)F)cc3C)o2)cc1. The lowest BCUT2D eigenvalue weighted by Gasteiger charge is -2.06. The van der Waals surface area contributed by atoms with Crippen LogP contribution in [0.4, 0.5) is 13.2 Å². The van der Waals surface area contributed by atoms with E-state index in [0.717, 1.165) is 6.07 Å². The first-order chi connectivity index (χ1) is 15.1. The molecule has 170 valence electrons. The molecule has 0 bridgehead atoms. The zero-order valence-corrected chi connectivity index (χ0v) is 17.5. The van der Waals surface area contributed by atoms with Gasteiger partial charge in [-0.1, -0.05) is 0 Å². The van der Waals surface area contributed by atoms with Crippen molar-refractivity contribution in [3.63, 3.8) is 0 Å². The topological polar surface area (TPSA) is 86.4 Å². The van der Waals surface area contributed by atoms with E-state index in [1.54, 1.807) is 37.3 Å². The lowest BCUT2D eigenvalue weighted by molar-refractivity contribution is -0.141. The number of ether oxygens (including phenoxy) is 1. The zero-order valence-electron chi connectivity index (χ0n) is 17.5. The maximum absolute atomic E-state index is 12.7. The van der Waals surface area contributed by atoms with Gasteiger partial charge in [0, 0.05) is 24.3 Å². The Morgan fingerprint density at radius 1 is 1.16 bits per heavy atom. The van der Waals surface area contributed by atoms with E-state index < -0.39 is 17.8 Å². The fourth-order valence-electron chi connectivity index (χ4n) is 2.91. The van der Waals surface area contributed by atoms with Gasteiger partial charge in [-0.3, -0.25) is 14.3 Å². The molecule has 0 radical (unpaired) electrons. The minimum Gasteiger partial charge on any atom is -0.486 e. The molecule has 32 heavy (non-hydrogen) atoms. The first-order valence-corrected chi connectivity index (χ1v) is 9.86. The third kappa shape index (κ3) is 5.99. The molecule has 1 aromatic carbocycles. The van der Waals surface area contributed by atoms with Gasteiger partial charge in [-0.2, -0.15) is 18.3 Å². The van der Waals surface area contributed by atoms with Crippen molar-refractivity contribution >= 4 is 11.7 Å². The van der Waals surface area contributed by atoms with E-state index in [9.17, 15) is 22.8 Å². The number of hydrogen-bond acceptors (Lipinski definition) is 5. The molecule has 0 spiro atoms. The number of carbonyl (C=O) groups excluding carboxylic acids is 2. The summed E-state index contributed by atoms with van der Waals surface area (Å²) < 4.78 is 50.4. The number of ketones is 1. The van der Waals surface area contributed by atoms with Gasteiger partial charge in [0.1, 0.15) is 18.1 Å². The molecule has 2 heterocycles. The van der Waals surface area contributed by atoms with Gasteiger partial charge in [-0.05, 0) is 62.7 Å². The number of nitrogens with one attached hydrogen (secondary N) is 1.